The van der Waals surface area contributed by atoms with Crippen LogP contribution in [0, 0.1) is 0 Å². The van der Waals surface area contributed by atoms with Crippen molar-refractivity contribution in [3.8, 4) is 5.75 Å². The summed E-state index contributed by atoms with van der Waals surface area (Å²) in [6, 6.07) is 3.17. The Morgan fingerprint density at radius 2 is 2.36 bits per heavy atom. The molecule has 3 nitrogen and oxygen atoms in total. The fraction of sp³-hybridized carbons (Fsp3) is 0.300. The van der Waals surface area contributed by atoms with Crippen molar-refractivity contribution in [2.75, 3.05) is 0 Å². The number of carboxylic acids is 1. The maximum atomic E-state index is 10.9. The van der Waals surface area contributed by atoms with Gasteiger partial charge in [-0.25, -0.2) is 4.79 Å². The van der Waals surface area contributed by atoms with E-state index in [0.29, 0.717) is 10.8 Å². The molecule has 74 valence electrons. The summed E-state index contributed by atoms with van der Waals surface area (Å²) in [6.45, 7) is 1.90. The van der Waals surface area contributed by atoms with Crippen molar-refractivity contribution < 1.29 is 14.6 Å². The summed E-state index contributed by atoms with van der Waals surface area (Å²) in [7, 11) is 0. The lowest BCUT2D eigenvalue weighted by Gasteiger charge is -2.06. The van der Waals surface area contributed by atoms with Crippen molar-refractivity contribution in [1.82, 2.24) is 0 Å². The van der Waals surface area contributed by atoms with E-state index in [1.165, 1.54) is 6.07 Å². The van der Waals surface area contributed by atoms with Crippen LogP contribution in [-0.4, -0.2) is 17.2 Å². The molecule has 0 saturated heterocycles. The molecule has 0 aliphatic carbocycles. The first-order valence-electron chi connectivity index (χ1n) is 4.30. The molecule has 4 heteroatoms. The predicted molar refractivity (Wildman–Crippen MR) is 52.2 cm³/mol. The maximum Gasteiger partial charge on any atom is 0.339 e. The molecule has 0 fully saturated rings. The number of ether oxygens (including phenoxy) is 1. The van der Waals surface area contributed by atoms with Gasteiger partial charge < -0.3 is 9.84 Å². The zero-order valence-corrected chi connectivity index (χ0v) is 8.34. The van der Waals surface area contributed by atoms with E-state index in [4.69, 9.17) is 21.4 Å². The van der Waals surface area contributed by atoms with Crippen molar-refractivity contribution in [2.24, 2.45) is 0 Å². The Balaban J connectivity index is 2.57. The molecule has 1 atom stereocenters. The first-order valence-corrected chi connectivity index (χ1v) is 4.68. The molecule has 14 heavy (non-hydrogen) atoms. The van der Waals surface area contributed by atoms with Gasteiger partial charge in [-0.3, -0.25) is 0 Å². The van der Waals surface area contributed by atoms with Gasteiger partial charge in [-0.1, -0.05) is 11.6 Å². The van der Waals surface area contributed by atoms with Crippen LogP contribution in [0.1, 0.15) is 22.8 Å². The third kappa shape index (κ3) is 1.44. The molecule has 0 amide bonds. The molecule has 0 spiro atoms. The smallest absolute Gasteiger partial charge is 0.339 e. The molecule has 0 saturated carbocycles. The summed E-state index contributed by atoms with van der Waals surface area (Å²) in [6.07, 6.45) is 0.748. The van der Waals surface area contributed by atoms with Crippen molar-refractivity contribution in [1.29, 1.82) is 0 Å². The Morgan fingerprint density at radius 1 is 1.64 bits per heavy atom. The summed E-state index contributed by atoms with van der Waals surface area (Å²) in [5.41, 5.74) is 1.03. The number of aromatic carboxylic acids is 1. The summed E-state index contributed by atoms with van der Waals surface area (Å²) in [5.74, 6) is -0.535. The highest BCUT2D eigenvalue weighted by Gasteiger charge is 2.25. The van der Waals surface area contributed by atoms with Gasteiger partial charge in [-0.15, -0.1) is 0 Å². The molecule has 1 heterocycles. The topological polar surface area (TPSA) is 46.5 Å². The molecule has 0 bridgehead atoms. The third-order valence-corrected chi connectivity index (χ3v) is 2.41. The molecular formula is C10H9ClO3. The minimum absolute atomic E-state index is 0.0292. The molecule has 1 aromatic rings. The number of benzene rings is 1. The van der Waals surface area contributed by atoms with Gasteiger partial charge in [0, 0.05) is 17.0 Å². The Morgan fingerprint density at radius 3 is 3.00 bits per heavy atom. The highest BCUT2D eigenvalue weighted by Crippen LogP contribution is 2.35. The van der Waals surface area contributed by atoms with Gasteiger partial charge in [0.25, 0.3) is 0 Å². The first kappa shape index (κ1) is 9.34. The maximum absolute atomic E-state index is 10.9. The first-order chi connectivity index (χ1) is 6.58. The third-order valence-electron chi connectivity index (χ3n) is 2.19. The summed E-state index contributed by atoms with van der Waals surface area (Å²) >= 11 is 5.80. The molecule has 1 aliphatic rings. The fourth-order valence-corrected chi connectivity index (χ4v) is 1.89. The van der Waals surface area contributed by atoms with Crippen LogP contribution < -0.4 is 4.74 Å². The molecule has 2 rings (SSSR count). The van der Waals surface area contributed by atoms with Crippen LogP contribution in [0.4, 0.5) is 0 Å². The minimum atomic E-state index is -1.00. The van der Waals surface area contributed by atoms with Crippen molar-refractivity contribution in [2.45, 2.75) is 19.4 Å². The van der Waals surface area contributed by atoms with Crippen LogP contribution in [-0.2, 0) is 6.42 Å². The minimum Gasteiger partial charge on any atom is -0.489 e. The van der Waals surface area contributed by atoms with E-state index in [9.17, 15) is 4.79 Å². The highest BCUT2D eigenvalue weighted by molar-refractivity contribution is 6.31. The van der Waals surface area contributed by atoms with Crippen LogP contribution in [0.3, 0.4) is 0 Å². The Bertz CT molecular complexity index is 401. The number of fused-ring (bicyclic) bond motifs is 1. The van der Waals surface area contributed by atoms with Crippen LogP contribution in [0.25, 0.3) is 0 Å². The Labute approximate surface area is 86.3 Å². The normalized spacial score (nSPS) is 18.9. The summed E-state index contributed by atoms with van der Waals surface area (Å²) in [5, 5.41) is 9.36. The SMILES string of the molecule is CC1Cc2cc(Cl)cc(C(=O)O)c2O1. The fourth-order valence-electron chi connectivity index (χ4n) is 1.65. The lowest BCUT2D eigenvalue weighted by atomic mass is 10.1. The number of hydrogen-bond acceptors (Lipinski definition) is 2. The summed E-state index contributed by atoms with van der Waals surface area (Å²) in [4.78, 5) is 10.9. The second-order valence-corrected chi connectivity index (χ2v) is 3.82. The Hall–Kier alpha value is -1.22. The van der Waals surface area contributed by atoms with E-state index in [0.717, 1.165) is 12.0 Å². The standard InChI is InChI=1S/C10H9ClO3/c1-5-2-6-3-7(11)4-8(10(12)13)9(6)14-5/h3-5H,2H2,1H3,(H,12,13). The van der Waals surface area contributed by atoms with Crippen LogP contribution in [0.15, 0.2) is 12.1 Å². The van der Waals surface area contributed by atoms with E-state index in [2.05, 4.69) is 0 Å². The van der Waals surface area contributed by atoms with Crippen molar-refractivity contribution in [3.63, 3.8) is 0 Å². The molecule has 1 N–H and O–H groups in total. The van der Waals surface area contributed by atoms with Gasteiger partial charge >= 0.3 is 5.97 Å². The lowest BCUT2D eigenvalue weighted by Crippen LogP contribution is -2.07. The lowest BCUT2D eigenvalue weighted by molar-refractivity contribution is 0.0692. The van der Waals surface area contributed by atoms with Crippen LogP contribution in [0.2, 0.25) is 5.02 Å². The average molecular weight is 213 g/mol. The Kier molecular flexibility index (Phi) is 2.11. The van der Waals surface area contributed by atoms with Gasteiger partial charge in [0.15, 0.2) is 0 Å². The number of hydrogen-bond donors (Lipinski definition) is 1. The largest absolute Gasteiger partial charge is 0.489 e. The quantitative estimate of drug-likeness (QED) is 0.778. The number of carbonyl (C=O) groups is 1. The van der Waals surface area contributed by atoms with E-state index >= 15 is 0 Å². The molecule has 0 radical (unpaired) electrons. The highest BCUT2D eigenvalue weighted by atomic mass is 35.5. The van der Waals surface area contributed by atoms with E-state index in [-0.39, 0.29) is 11.7 Å². The van der Waals surface area contributed by atoms with E-state index in [1.54, 1.807) is 6.07 Å². The zero-order chi connectivity index (χ0) is 10.3. The van der Waals surface area contributed by atoms with Crippen LogP contribution >= 0.6 is 11.6 Å². The van der Waals surface area contributed by atoms with Gasteiger partial charge in [-0.2, -0.15) is 0 Å². The molecular weight excluding hydrogens is 204 g/mol. The van der Waals surface area contributed by atoms with Crippen molar-refractivity contribution in [3.05, 3.63) is 28.3 Å². The number of carboxylic acid groups (broad SMARTS) is 1. The average Bonchev–Trinajstić information content (AvgIpc) is 2.42. The monoisotopic (exact) mass is 212 g/mol. The second-order valence-electron chi connectivity index (χ2n) is 3.38. The zero-order valence-electron chi connectivity index (χ0n) is 7.58. The number of rotatable bonds is 1. The van der Waals surface area contributed by atoms with Gasteiger partial charge in [0.2, 0.25) is 0 Å². The number of halogens is 1. The van der Waals surface area contributed by atoms with Gasteiger partial charge in [0.1, 0.15) is 17.4 Å². The van der Waals surface area contributed by atoms with Gasteiger partial charge in [-0.05, 0) is 19.1 Å². The van der Waals surface area contributed by atoms with Crippen molar-refractivity contribution >= 4 is 17.6 Å². The van der Waals surface area contributed by atoms with E-state index < -0.39 is 5.97 Å². The summed E-state index contributed by atoms with van der Waals surface area (Å²) < 4.78 is 5.41. The second kappa shape index (κ2) is 3.17. The molecule has 1 aliphatic heterocycles. The van der Waals surface area contributed by atoms with Gasteiger partial charge in [0.05, 0.1) is 0 Å². The molecule has 1 unspecified atom stereocenters. The van der Waals surface area contributed by atoms with E-state index in [1.807, 2.05) is 6.92 Å². The molecule has 1 aromatic carbocycles. The van der Waals surface area contributed by atoms with Crippen LogP contribution in [0.5, 0.6) is 5.75 Å². The molecule has 0 aromatic heterocycles. The predicted octanol–water partition coefficient (Wildman–Crippen LogP) is 2.36.